The molecular weight excluding hydrogens is 336 g/mol. The van der Waals surface area contributed by atoms with Crippen molar-refractivity contribution >= 4 is 11.4 Å². The fraction of sp³-hybridized carbons (Fsp3) is 0.444. The number of aromatic amines is 2. The summed E-state index contributed by atoms with van der Waals surface area (Å²) in [5, 5.41) is 27.4. The average molecular weight is 358 g/mol. The maximum absolute atomic E-state index is 12.9. The number of H-pyrrole nitrogens is 2. The van der Waals surface area contributed by atoms with Crippen LogP contribution in [0.4, 0.5) is 11.4 Å². The second kappa shape index (κ2) is 5.46. The second-order valence-corrected chi connectivity index (χ2v) is 7.27. The zero-order valence-electron chi connectivity index (χ0n) is 15.0. The third kappa shape index (κ3) is 2.09. The highest BCUT2D eigenvalue weighted by atomic mass is 16.3. The summed E-state index contributed by atoms with van der Waals surface area (Å²) < 4.78 is 0. The van der Waals surface area contributed by atoms with Crippen molar-refractivity contribution in [3.63, 3.8) is 0 Å². The molecule has 4 rings (SSSR count). The van der Waals surface area contributed by atoms with E-state index in [0.29, 0.717) is 22.5 Å². The van der Waals surface area contributed by atoms with Crippen molar-refractivity contribution in [2.24, 2.45) is 0 Å². The predicted octanol–water partition coefficient (Wildman–Crippen LogP) is 0.819. The van der Waals surface area contributed by atoms with Gasteiger partial charge in [-0.05, 0) is 38.8 Å². The number of aliphatic hydroxyl groups excluding tert-OH is 2. The molecule has 4 atom stereocenters. The lowest BCUT2D eigenvalue weighted by Crippen LogP contribution is -2.43. The number of rotatable bonds is 0. The first kappa shape index (κ1) is 16.9. The molecule has 0 fully saturated rings. The highest BCUT2D eigenvalue weighted by Crippen LogP contribution is 2.37. The van der Waals surface area contributed by atoms with Gasteiger partial charge >= 0.3 is 0 Å². The Morgan fingerprint density at radius 3 is 1.42 bits per heavy atom. The molecule has 138 valence electrons. The Morgan fingerprint density at radius 2 is 1.08 bits per heavy atom. The minimum Gasteiger partial charge on any atom is -0.382 e. The molecule has 2 aliphatic heterocycles. The van der Waals surface area contributed by atoms with E-state index in [1.165, 1.54) is 0 Å². The maximum Gasteiger partial charge on any atom is 0.229 e. The number of fused-ring (bicyclic) bond motifs is 2. The van der Waals surface area contributed by atoms with Crippen LogP contribution in [0.25, 0.3) is 0 Å². The Labute approximate surface area is 148 Å². The van der Waals surface area contributed by atoms with Gasteiger partial charge in [-0.1, -0.05) is 0 Å². The molecule has 0 bridgehead atoms. The van der Waals surface area contributed by atoms with Gasteiger partial charge in [0.15, 0.2) is 0 Å². The van der Waals surface area contributed by atoms with E-state index in [0.717, 1.165) is 0 Å². The molecule has 8 nitrogen and oxygen atoms in total. The van der Waals surface area contributed by atoms with Gasteiger partial charge in [0.2, 0.25) is 10.9 Å². The molecule has 0 aromatic heterocycles. The molecule has 4 unspecified atom stereocenters. The normalized spacial score (nSPS) is 27.6. The molecule has 0 aromatic carbocycles. The van der Waals surface area contributed by atoms with Gasteiger partial charge in [0, 0.05) is 12.1 Å². The highest BCUT2D eigenvalue weighted by molar-refractivity contribution is 5.71. The van der Waals surface area contributed by atoms with Gasteiger partial charge < -0.3 is 30.8 Å². The minimum atomic E-state index is -0.982. The summed E-state index contributed by atoms with van der Waals surface area (Å²) in [4.78, 5) is 31.7. The van der Waals surface area contributed by atoms with Crippen LogP contribution in [0.3, 0.4) is 0 Å². The van der Waals surface area contributed by atoms with Crippen LogP contribution in [0.15, 0.2) is 20.7 Å². The SMILES string of the molecule is CC1=C(C)C(O)c2[nH]c3c(=O)c4c(c(=O)c=3[nH]c2C1O)NC(C)C(C)N4. The van der Waals surface area contributed by atoms with Crippen LogP contribution >= 0.6 is 0 Å². The molecule has 6 N–H and O–H groups in total. The number of anilines is 2. The number of nitrogens with one attached hydrogen (secondary N) is 4. The van der Waals surface area contributed by atoms with Crippen molar-refractivity contribution in [3.05, 3.63) is 53.7 Å². The van der Waals surface area contributed by atoms with Crippen LogP contribution in [-0.4, -0.2) is 32.3 Å². The third-order valence-corrected chi connectivity index (χ3v) is 5.70. The first-order chi connectivity index (χ1) is 12.2. The van der Waals surface area contributed by atoms with Crippen molar-refractivity contribution in [1.82, 2.24) is 9.97 Å². The summed E-state index contributed by atoms with van der Waals surface area (Å²) in [6.07, 6.45) is -1.96. The van der Waals surface area contributed by atoms with E-state index in [9.17, 15) is 19.8 Å². The quantitative estimate of drug-likeness (QED) is 0.387. The zero-order valence-corrected chi connectivity index (χ0v) is 15.0. The van der Waals surface area contributed by atoms with Crippen molar-refractivity contribution in [3.8, 4) is 0 Å². The molecule has 0 saturated carbocycles. The summed E-state index contributed by atoms with van der Waals surface area (Å²) >= 11 is 0. The molecule has 0 aromatic rings. The molecule has 8 heteroatoms. The number of hydrogen-bond acceptors (Lipinski definition) is 6. The maximum atomic E-state index is 12.9. The largest absolute Gasteiger partial charge is 0.382 e. The Kier molecular flexibility index (Phi) is 3.54. The lowest BCUT2D eigenvalue weighted by molar-refractivity contribution is 0.160. The summed E-state index contributed by atoms with van der Waals surface area (Å²) in [7, 11) is 0. The fourth-order valence-corrected chi connectivity index (χ4v) is 3.62. The zero-order chi connectivity index (χ0) is 18.9. The van der Waals surface area contributed by atoms with Crippen molar-refractivity contribution in [2.75, 3.05) is 10.6 Å². The lowest BCUT2D eigenvalue weighted by atomic mass is 9.89. The van der Waals surface area contributed by atoms with Crippen LogP contribution in [0.2, 0.25) is 0 Å². The van der Waals surface area contributed by atoms with E-state index < -0.39 is 12.2 Å². The van der Waals surface area contributed by atoms with E-state index in [-0.39, 0.29) is 45.0 Å². The average Bonchev–Trinajstić information content (AvgIpc) is 2.63. The monoisotopic (exact) mass is 358 g/mol. The number of hydrogen-bond donors (Lipinski definition) is 6. The van der Waals surface area contributed by atoms with Crippen molar-refractivity contribution < 1.29 is 10.2 Å². The Balaban J connectivity index is 2.09. The molecule has 0 spiro atoms. The summed E-state index contributed by atoms with van der Waals surface area (Å²) in [5.41, 5.74) is 1.58. The smallest absolute Gasteiger partial charge is 0.229 e. The van der Waals surface area contributed by atoms with Gasteiger partial charge in [-0.25, -0.2) is 0 Å². The van der Waals surface area contributed by atoms with Crippen LogP contribution in [-0.2, 0) is 0 Å². The molecule has 4 aliphatic rings. The molecular formula is C18H22N4O4. The molecule has 26 heavy (non-hydrogen) atoms. The van der Waals surface area contributed by atoms with E-state index in [1.54, 1.807) is 13.8 Å². The predicted molar refractivity (Wildman–Crippen MR) is 97.4 cm³/mol. The van der Waals surface area contributed by atoms with E-state index >= 15 is 0 Å². The second-order valence-electron chi connectivity index (χ2n) is 7.27. The van der Waals surface area contributed by atoms with Crippen LogP contribution in [0.5, 0.6) is 0 Å². The van der Waals surface area contributed by atoms with Gasteiger partial charge in [0.05, 0.1) is 11.4 Å². The molecule has 0 radical (unpaired) electrons. The van der Waals surface area contributed by atoms with E-state index in [2.05, 4.69) is 20.6 Å². The first-order valence-corrected chi connectivity index (χ1v) is 8.64. The lowest BCUT2D eigenvalue weighted by Gasteiger charge is -2.31. The highest BCUT2D eigenvalue weighted by Gasteiger charge is 2.32. The third-order valence-electron chi connectivity index (χ3n) is 5.70. The van der Waals surface area contributed by atoms with Crippen LogP contribution in [0.1, 0.15) is 51.3 Å². The van der Waals surface area contributed by atoms with Crippen molar-refractivity contribution in [1.29, 1.82) is 0 Å². The van der Waals surface area contributed by atoms with Gasteiger partial charge in [-0.3, -0.25) is 9.59 Å². The topological polar surface area (TPSA) is 130 Å². The van der Waals surface area contributed by atoms with E-state index in [1.807, 2.05) is 13.8 Å². The molecule has 2 aliphatic carbocycles. The standard InChI is InChI=1S/C18H22N4O4/c1-5-6(2)16(24)10-9(15(5)23)21-13-14(22-10)18(26)12-11(17(13)25)19-7(3)8(4)20-12/h7-8,15-16,19-24H,1-4H3. The molecule has 0 amide bonds. The Bertz CT molecular complexity index is 1040. The minimum absolute atomic E-state index is 0.0195. The van der Waals surface area contributed by atoms with Gasteiger partial charge in [-0.2, -0.15) is 0 Å². The van der Waals surface area contributed by atoms with Crippen molar-refractivity contribution in [2.45, 2.75) is 52.0 Å². The van der Waals surface area contributed by atoms with Crippen LogP contribution < -0.4 is 21.5 Å². The summed E-state index contributed by atoms with van der Waals surface area (Å²) in [6.45, 7) is 7.30. The van der Waals surface area contributed by atoms with Gasteiger partial charge in [-0.15, -0.1) is 0 Å². The van der Waals surface area contributed by atoms with Crippen LogP contribution in [0, 0.1) is 10.7 Å². The number of aromatic nitrogens is 2. The molecule has 2 heterocycles. The fourth-order valence-electron chi connectivity index (χ4n) is 3.62. The van der Waals surface area contributed by atoms with Gasteiger partial charge in [0.1, 0.15) is 34.3 Å². The summed E-state index contributed by atoms with van der Waals surface area (Å²) in [6, 6.07) is -0.0391. The van der Waals surface area contributed by atoms with E-state index in [4.69, 9.17) is 0 Å². The first-order valence-electron chi connectivity index (χ1n) is 8.64. The Morgan fingerprint density at radius 1 is 0.731 bits per heavy atom. The number of aliphatic hydroxyl groups is 2. The Hall–Kier alpha value is -2.58. The summed E-state index contributed by atoms with van der Waals surface area (Å²) in [5.74, 6) is 0. The van der Waals surface area contributed by atoms with Gasteiger partial charge in [0.25, 0.3) is 0 Å². The molecule has 0 saturated heterocycles.